The summed E-state index contributed by atoms with van der Waals surface area (Å²) in [5.74, 6) is -0.596. The molecule has 0 spiro atoms. The van der Waals surface area contributed by atoms with Gasteiger partial charge in [0.05, 0.1) is 5.39 Å². The topological polar surface area (TPSA) is 50.7 Å². The van der Waals surface area contributed by atoms with E-state index in [1.54, 1.807) is 7.05 Å². The minimum absolute atomic E-state index is 0.179. The fraction of sp³-hybridized carbons (Fsp3) is 0.125. The zero-order valence-corrected chi connectivity index (χ0v) is 8.06. The lowest BCUT2D eigenvalue weighted by molar-refractivity contribution is 0.634. The molecule has 0 bridgehead atoms. The summed E-state index contributed by atoms with van der Waals surface area (Å²) >= 11 is 4.87. The summed E-state index contributed by atoms with van der Waals surface area (Å²) in [6.45, 7) is 0. The average Bonchev–Trinajstić information content (AvgIpc) is 2.08. The summed E-state index contributed by atoms with van der Waals surface area (Å²) in [4.78, 5) is 17.2. The third kappa shape index (κ3) is 1.33. The van der Waals surface area contributed by atoms with Gasteiger partial charge in [-0.15, -0.1) is 0 Å². The van der Waals surface area contributed by atoms with Gasteiger partial charge < -0.3 is 9.55 Å². The Hall–Kier alpha value is -1.56. The van der Waals surface area contributed by atoms with Crippen molar-refractivity contribution in [3.05, 3.63) is 33.2 Å². The highest BCUT2D eigenvalue weighted by Crippen LogP contribution is 2.09. The third-order valence-electron chi connectivity index (χ3n) is 1.84. The Balaban J connectivity index is 3.03. The summed E-state index contributed by atoms with van der Waals surface area (Å²) < 4.78 is 15.1. The van der Waals surface area contributed by atoms with Gasteiger partial charge in [0.15, 0.2) is 0 Å². The quantitative estimate of drug-likeness (QED) is 0.664. The van der Waals surface area contributed by atoms with E-state index in [1.807, 2.05) is 0 Å². The van der Waals surface area contributed by atoms with Gasteiger partial charge in [-0.1, -0.05) is 0 Å². The molecule has 0 radical (unpaired) electrons. The molecule has 14 heavy (non-hydrogen) atoms. The van der Waals surface area contributed by atoms with Crippen LogP contribution in [0.1, 0.15) is 0 Å². The van der Waals surface area contributed by atoms with Crippen LogP contribution in [-0.4, -0.2) is 14.5 Å². The van der Waals surface area contributed by atoms with Crippen LogP contribution >= 0.6 is 12.2 Å². The maximum atomic E-state index is 13.3. The van der Waals surface area contributed by atoms with E-state index in [4.69, 9.17) is 12.2 Å². The van der Waals surface area contributed by atoms with Crippen molar-refractivity contribution in [2.45, 2.75) is 0 Å². The zero-order valence-electron chi connectivity index (χ0n) is 7.24. The number of rotatable bonds is 0. The first kappa shape index (κ1) is 9.01. The second-order valence-corrected chi connectivity index (χ2v) is 3.24. The summed E-state index contributed by atoms with van der Waals surface area (Å²) in [7, 11) is 1.67. The molecule has 6 heteroatoms. The lowest BCUT2D eigenvalue weighted by Crippen LogP contribution is -2.08. The Kier molecular flexibility index (Phi) is 1.92. The van der Waals surface area contributed by atoms with Gasteiger partial charge in [0.25, 0.3) is 5.56 Å². The van der Waals surface area contributed by atoms with Crippen LogP contribution in [0.3, 0.4) is 0 Å². The molecule has 1 N–H and O–H groups in total. The van der Waals surface area contributed by atoms with Gasteiger partial charge in [0.2, 0.25) is 4.77 Å². The van der Waals surface area contributed by atoms with Gasteiger partial charge in [0, 0.05) is 19.3 Å². The number of aromatic nitrogens is 3. The Morgan fingerprint density at radius 3 is 3.07 bits per heavy atom. The van der Waals surface area contributed by atoms with E-state index in [0.29, 0.717) is 4.77 Å². The number of hydrogen-bond donors (Lipinski definition) is 1. The van der Waals surface area contributed by atoms with Gasteiger partial charge in [-0.25, -0.2) is 9.37 Å². The molecule has 2 aromatic rings. The van der Waals surface area contributed by atoms with Crippen molar-refractivity contribution >= 4 is 23.3 Å². The Labute approximate surface area is 83.0 Å². The summed E-state index contributed by atoms with van der Waals surface area (Å²) in [6.07, 6.45) is 1.50. The van der Waals surface area contributed by atoms with E-state index in [2.05, 4.69) is 9.97 Å². The van der Waals surface area contributed by atoms with E-state index in [1.165, 1.54) is 10.8 Å². The molecule has 2 rings (SSSR count). The molecule has 0 aliphatic heterocycles. The molecule has 2 heterocycles. The first-order chi connectivity index (χ1) is 6.58. The second-order valence-electron chi connectivity index (χ2n) is 2.88. The summed E-state index contributed by atoms with van der Waals surface area (Å²) in [6, 6.07) is 0.882. The van der Waals surface area contributed by atoms with Crippen molar-refractivity contribution in [3.63, 3.8) is 0 Å². The Bertz CT molecular complexity index is 616. The van der Waals surface area contributed by atoms with Gasteiger partial charge in [-0.2, -0.15) is 0 Å². The summed E-state index contributed by atoms with van der Waals surface area (Å²) in [5.41, 5.74) is -0.344. The van der Waals surface area contributed by atoms with Crippen LogP contribution in [0.5, 0.6) is 0 Å². The van der Waals surface area contributed by atoms with Gasteiger partial charge >= 0.3 is 0 Å². The standard InChI is InChI=1S/C8H6FN3OS/c1-12-3-4-5(9)2-6(13)10-7(4)11-8(12)14/h2-3H,1H3,(H,10,11,13,14). The average molecular weight is 211 g/mol. The number of pyridine rings is 1. The maximum absolute atomic E-state index is 13.3. The molecule has 0 unspecified atom stereocenters. The van der Waals surface area contributed by atoms with Crippen LogP contribution in [0.25, 0.3) is 11.0 Å². The van der Waals surface area contributed by atoms with Crippen LogP contribution < -0.4 is 5.56 Å². The van der Waals surface area contributed by atoms with E-state index in [0.717, 1.165) is 6.07 Å². The molecule has 0 aliphatic rings. The normalized spacial score (nSPS) is 10.7. The minimum Gasteiger partial charge on any atom is -0.326 e. The van der Waals surface area contributed by atoms with E-state index < -0.39 is 11.4 Å². The van der Waals surface area contributed by atoms with Crippen LogP contribution in [-0.2, 0) is 7.05 Å². The van der Waals surface area contributed by atoms with Gasteiger partial charge in [-0.05, 0) is 12.2 Å². The van der Waals surface area contributed by atoms with Crippen molar-refractivity contribution in [2.75, 3.05) is 0 Å². The minimum atomic E-state index is -0.596. The second kappa shape index (κ2) is 2.98. The van der Waals surface area contributed by atoms with Gasteiger partial charge in [0.1, 0.15) is 11.5 Å². The number of aromatic amines is 1. The first-order valence-corrected chi connectivity index (χ1v) is 4.25. The monoisotopic (exact) mass is 211 g/mol. The number of H-pyrrole nitrogens is 1. The number of hydrogen-bond acceptors (Lipinski definition) is 3. The van der Waals surface area contributed by atoms with E-state index in [-0.39, 0.29) is 11.0 Å². The zero-order chi connectivity index (χ0) is 10.3. The SMILES string of the molecule is Cn1cc2c(F)cc(=O)[nH]c2nc1=S. The molecule has 0 saturated heterocycles. The highest BCUT2D eigenvalue weighted by Gasteiger charge is 2.04. The summed E-state index contributed by atoms with van der Waals surface area (Å²) in [5, 5.41) is 0.251. The van der Waals surface area contributed by atoms with Crippen molar-refractivity contribution in [1.82, 2.24) is 14.5 Å². The fourth-order valence-electron chi connectivity index (χ4n) is 1.16. The Morgan fingerprint density at radius 1 is 1.64 bits per heavy atom. The predicted octanol–water partition coefficient (Wildman–Crippen LogP) is 1.13. The molecular formula is C8H6FN3OS. The lowest BCUT2D eigenvalue weighted by Gasteiger charge is -2.01. The molecule has 0 fully saturated rings. The third-order valence-corrected chi connectivity index (χ3v) is 2.22. The number of nitrogens with one attached hydrogen (secondary N) is 1. The fourth-order valence-corrected chi connectivity index (χ4v) is 1.30. The van der Waals surface area contributed by atoms with Crippen LogP contribution in [0, 0.1) is 10.6 Å². The van der Waals surface area contributed by atoms with Crippen molar-refractivity contribution in [2.24, 2.45) is 7.05 Å². The van der Waals surface area contributed by atoms with Crippen LogP contribution in [0.15, 0.2) is 17.1 Å². The Morgan fingerprint density at radius 2 is 2.36 bits per heavy atom. The largest absolute Gasteiger partial charge is 0.326 e. The molecule has 0 atom stereocenters. The molecule has 0 saturated carbocycles. The molecule has 0 amide bonds. The number of fused-ring (bicyclic) bond motifs is 1. The number of halogens is 1. The van der Waals surface area contributed by atoms with E-state index >= 15 is 0 Å². The predicted molar refractivity (Wildman–Crippen MR) is 52.1 cm³/mol. The highest BCUT2D eigenvalue weighted by molar-refractivity contribution is 7.71. The molecule has 2 aromatic heterocycles. The smallest absolute Gasteiger partial charge is 0.252 e. The van der Waals surface area contributed by atoms with Crippen molar-refractivity contribution in [3.8, 4) is 0 Å². The van der Waals surface area contributed by atoms with Crippen LogP contribution in [0.2, 0.25) is 0 Å². The molecule has 0 aliphatic carbocycles. The highest BCUT2D eigenvalue weighted by atomic mass is 32.1. The molecular weight excluding hydrogens is 205 g/mol. The van der Waals surface area contributed by atoms with E-state index in [9.17, 15) is 9.18 Å². The number of nitrogens with zero attached hydrogens (tertiary/aromatic N) is 2. The van der Waals surface area contributed by atoms with Crippen molar-refractivity contribution < 1.29 is 4.39 Å². The van der Waals surface area contributed by atoms with Gasteiger partial charge in [-0.3, -0.25) is 4.79 Å². The lowest BCUT2D eigenvalue weighted by atomic mass is 10.3. The molecule has 4 nitrogen and oxygen atoms in total. The van der Waals surface area contributed by atoms with Crippen molar-refractivity contribution in [1.29, 1.82) is 0 Å². The number of aryl methyl sites for hydroxylation is 1. The first-order valence-electron chi connectivity index (χ1n) is 3.84. The van der Waals surface area contributed by atoms with Crippen LogP contribution in [0.4, 0.5) is 4.39 Å². The maximum Gasteiger partial charge on any atom is 0.252 e. The molecule has 0 aromatic carbocycles. The molecule has 72 valence electrons.